The quantitative estimate of drug-likeness (QED) is 0.330. The number of ether oxygens (including phenoxy) is 1. The Morgan fingerprint density at radius 3 is 2.61 bits per heavy atom. The van der Waals surface area contributed by atoms with Crippen molar-refractivity contribution in [1.82, 2.24) is 24.9 Å². The molecule has 2 aromatic carbocycles. The molecule has 1 aliphatic rings. The zero-order valence-corrected chi connectivity index (χ0v) is 22.1. The second-order valence-corrected chi connectivity index (χ2v) is 9.22. The summed E-state index contributed by atoms with van der Waals surface area (Å²) >= 11 is 0. The molecule has 0 aliphatic carbocycles. The number of carbonyl (C=O) groups excluding carboxylic acids is 2. The van der Waals surface area contributed by atoms with Gasteiger partial charge in [-0.15, -0.1) is 5.10 Å². The first-order valence-corrected chi connectivity index (χ1v) is 12.9. The minimum Gasteiger partial charge on any atom is -0.480 e. The number of aliphatic imine (C=N–C) groups is 1. The van der Waals surface area contributed by atoms with Gasteiger partial charge in [-0.2, -0.15) is 0 Å². The minimum absolute atomic E-state index is 0.0131. The zero-order valence-electron chi connectivity index (χ0n) is 22.1. The Morgan fingerprint density at radius 2 is 1.88 bits per heavy atom. The van der Waals surface area contributed by atoms with Gasteiger partial charge in [-0.25, -0.2) is 18.9 Å². The smallest absolute Gasteiger partial charge is 0.274 e. The van der Waals surface area contributed by atoms with Crippen LogP contribution in [-0.4, -0.2) is 50.4 Å². The van der Waals surface area contributed by atoms with Crippen LogP contribution in [0.5, 0.6) is 5.88 Å². The van der Waals surface area contributed by atoms with Gasteiger partial charge in [0, 0.05) is 34.6 Å². The molecule has 4 heterocycles. The SMILES string of the molecule is CCc1ccc(-c2nc3ccc(OC)nn3c2C(=O)NC2N=C(c3ccccc3)c3cccc(F)c3NC2=O)cn1. The van der Waals surface area contributed by atoms with Crippen LogP contribution in [0.1, 0.15) is 34.2 Å². The summed E-state index contributed by atoms with van der Waals surface area (Å²) in [7, 11) is 1.46. The molecule has 2 amide bonds. The lowest BCUT2D eigenvalue weighted by Crippen LogP contribution is -2.43. The maximum atomic E-state index is 14.9. The Balaban J connectivity index is 1.46. The van der Waals surface area contributed by atoms with E-state index in [-0.39, 0.29) is 17.3 Å². The van der Waals surface area contributed by atoms with Crippen molar-refractivity contribution >= 4 is 28.9 Å². The van der Waals surface area contributed by atoms with Gasteiger partial charge < -0.3 is 15.4 Å². The van der Waals surface area contributed by atoms with E-state index in [2.05, 4.69) is 30.7 Å². The summed E-state index contributed by atoms with van der Waals surface area (Å²) in [6.45, 7) is 1.99. The normalized spacial score (nSPS) is 14.6. The molecule has 11 heteroatoms. The lowest BCUT2D eigenvalue weighted by atomic mass is 10.0. The number of hydrogen-bond donors (Lipinski definition) is 2. The topological polar surface area (TPSA) is 123 Å². The number of benzodiazepines with no additional fused rings is 1. The van der Waals surface area contributed by atoms with E-state index in [1.807, 2.05) is 37.3 Å². The van der Waals surface area contributed by atoms with Gasteiger partial charge in [-0.05, 0) is 30.7 Å². The lowest BCUT2D eigenvalue weighted by molar-refractivity contribution is -0.117. The van der Waals surface area contributed by atoms with Crippen molar-refractivity contribution in [2.75, 3.05) is 12.4 Å². The number of nitrogens with one attached hydrogen (secondary N) is 2. The van der Waals surface area contributed by atoms with E-state index in [1.165, 1.54) is 17.7 Å². The second kappa shape index (κ2) is 10.6. The number of methoxy groups -OCH3 is 1. The van der Waals surface area contributed by atoms with Gasteiger partial charge in [-0.3, -0.25) is 14.6 Å². The number of fused-ring (bicyclic) bond motifs is 2. The van der Waals surface area contributed by atoms with Gasteiger partial charge in [-0.1, -0.05) is 49.4 Å². The minimum atomic E-state index is -1.39. The molecule has 0 spiro atoms. The molecule has 0 saturated carbocycles. The average Bonchev–Trinajstić information content (AvgIpc) is 3.32. The van der Waals surface area contributed by atoms with E-state index in [0.29, 0.717) is 33.7 Å². The number of anilines is 1. The lowest BCUT2D eigenvalue weighted by Gasteiger charge is -2.14. The predicted molar refractivity (Wildman–Crippen MR) is 151 cm³/mol. The van der Waals surface area contributed by atoms with Gasteiger partial charge in [0.25, 0.3) is 11.8 Å². The Hall–Kier alpha value is -5.45. The van der Waals surface area contributed by atoms with Crippen LogP contribution in [0.25, 0.3) is 16.9 Å². The van der Waals surface area contributed by atoms with Gasteiger partial charge in [0.2, 0.25) is 12.0 Å². The van der Waals surface area contributed by atoms with E-state index in [1.54, 1.807) is 42.6 Å². The molecule has 204 valence electrons. The van der Waals surface area contributed by atoms with Crippen molar-refractivity contribution in [1.29, 1.82) is 0 Å². The van der Waals surface area contributed by atoms with E-state index in [4.69, 9.17) is 4.74 Å². The van der Waals surface area contributed by atoms with Gasteiger partial charge in [0.1, 0.15) is 11.5 Å². The first-order chi connectivity index (χ1) is 20.0. The summed E-state index contributed by atoms with van der Waals surface area (Å²) in [4.78, 5) is 41.0. The third kappa shape index (κ3) is 4.78. The summed E-state index contributed by atoms with van der Waals surface area (Å²) in [5.41, 5.74) is 3.61. The highest BCUT2D eigenvalue weighted by molar-refractivity contribution is 6.20. The molecule has 0 fully saturated rings. The van der Waals surface area contributed by atoms with Crippen LogP contribution in [-0.2, 0) is 11.2 Å². The van der Waals surface area contributed by atoms with Crippen molar-refractivity contribution in [3.05, 3.63) is 107 Å². The zero-order chi connectivity index (χ0) is 28.5. The third-order valence-corrected chi connectivity index (χ3v) is 6.68. The number of halogens is 1. The second-order valence-electron chi connectivity index (χ2n) is 9.22. The van der Waals surface area contributed by atoms with Crippen LogP contribution in [0.2, 0.25) is 0 Å². The number of pyridine rings is 1. The van der Waals surface area contributed by atoms with Crippen LogP contribution in [0.4, 0.5) is 10.1 Å². The van der Waals surface area contributed by atoms with Crippen molar-refractivity contribution < 1.29 is 18.7 Å². The first-order valence-electron chi connectivity index (χ1n) is 12.9. The molecule has 0 radical (unpaired) electrons. The Labute approximate surface area is 233 Å². The number of aromatic nitrogens is 4. The Kier molecular flexibility index (Phi) is 6.68. The summed E-state index contributed by atoms with van der Waals surface area (Å²) in [5, 5.41) is 9.70. The molecule has 6 rings (SSSR count). The number of carbonyl (C=O) groups is 2. The van der Waals surface area contributed by atoms with Crippen molar-refractivity contribution in [3.63, 3.8) is 0 Å². The fourth-order valence-electron chi connectivity index (χ4n) is 4.62. The molecular formula is C30H24FN7O3. The number of imidazole rings is 1. The number of benzene rings is 2. The molecule has 2 N–H and O–H groups in total. The fraction of sp³-hybridized carbons (Fsp3) is 0.133. The number of rotatable bonds is 6. The highest BCUT2D eigenvalue weighted by Crippen LogP contribution is 2.28. The van der Waals surface area contributed by atoms with E-state index < -0.39 is 23.8 Å². The molecule has 1 atom stereocenters. The Bertz CT molecular complexity index is 1820. The highest BCUT2D eigenvalue weighted by Gasteiger charge is 2.31. The molecule has 3 aromatic heterocycles. The van der Waals surface area contributed by atoms with Crippen LogP contribution >= 0.6 is 0 Å². The molecule has 5 aromatic rings. The van der Waals surface area contributed by atoms with Crippen LogP contribution in [0.3, 0.4) is 0 Å². The maximum Gasteiger partial charge on any atom is 0.274 e. The predicted octanol–water partition coefficient (Wildman–Crippen LogP) is 4.05. The monoisotopic (exact) mass is 549 g/mol. The molecule has 1 aliphatic heterocycles. The molecule has 10 nitrogen and oxygen atoms in total. The first kappa shape index (κ1) is 25.8. The fourth-order valence-corrected chi connectivity index (χ4v) is 4.62. The van der Waals surface area contributed by atoms with Crippen molar-refractivity contribution in [2.45, 2.75) is 19.5 Å². The highest BCUT2D eigenvalue weighted by atomic mass is 19.1. The van der Waals surface area contributed by atoms with Gasteiger partial charge in [0.15, 0.2) is 11.3 Å². The van der Waals surface area contributed by atoms with Crippen LogP contribution in [0.15, 0.2) is 84.0 Å². The van der Waals surface area contributed by atoms with E-state index in [0.717, 1.165) is 12.1 Å². The molecule has 41 heavy (non-hydrogen) atoms. The Morgan fingerprint density at radius 1 is 1.05 bits per heavy atom. The van der Waals surface area contributed by atoms with Crippen molar-refractivity contribution in [2.24, 2.45) is 4.99 Å². The molecular weight excluding hydrogens is 525 g/mol. The molecule has 0 bridgehead atoms. The largest absolute Gasteiger partial charge is 0.480 e. The summed E-state index contributed by atoms with van der Waals surface area (Å²) in [6.07, 6.45) is 0.992. The van der Waals surface area contributed by atoms with Gasteiger partial charge in [0.05, 0.1) is 18.5 Å². The number of aryl methyl sites for hydroxylation is 1. The third-order valence-electron chi connectivity index (χ3n) is 6.68. The van der Waals surface area contributed by atoms with Crippen LogP contribution < -0.4 is 15.4 Å². The number of para-hydroxylation sites is 1. The van der Waals surface area contributed by atoms with E-state index >= 15 is 0 Å². The van der Waals surface area contributed by atoms with Crippen molar-refractivity contribution in [3.8, 4) is 17.1 Å². The van der Waals surface area contributed by atoms with Crippen LogP contribution in [0, 0.1) is 5.82 Å². The number of amides is 2. The number of hydrogen-bond acceptors (Lipinski definition) is 7. The average molecular weight is 550 g/mol. The molecule has 1 unspecified atom stereocenters. The standard InChI is InChI=1S/C30H24FN7O3/c1-3-19-13-12-18(16-32-19)25-27(38-22(33-25)14-15-23(37-38)41-2)29(39)36-28-30(40)35-26-20(10-7-11-21(26)31)24(34-28)17-8-5-4-6-9-17/h4-16,28H,3H2,1-2H3,(H,35,40)(H,36,39). The summed E-state index contributed by atoms with van der Waals surface area (Å²) in [6, 6.07) is 20.5. The maximum absolute atomic E-state index is 14.9. The van der Waals surface area contributed by atoms with Gasteiger partial charge >= 0.3 is 0 Å². The summed E-state index contributed by atoms with van der Waals surface area (Å²) < 4.78 is 21.5. The summed E-state index contributed by atoms with van der Waals surface area (Å²) in [5.74, 6) is -1.73. The number of nitrogens with zero attached hydrogens (tertiary/aromatic N) is 5. The van der Waals surface area contributed by atoms with E-state index in [9.17, 15) is 14.0 Å². The molecule has 0 saturated heterocycles.